The number of hydrogen-bond acceptors (Lipinski definition) is 3. The maximum atomic E-state index is 14.2. The monoisotopic (exact) mass is 312 g/mol. The van der Waals surface area contributed by atoms with E-state index in [9.17, 15) is 4.39 Å². The summed E-state index contributed by atoms with van der Waals surface area (Å²) >= 11 is 3.14. The Bertz CT molecular complexity index is 483. The summed E-state index contributed by atoms with van der Waals surface area (Å²) in [6.45, 7) is 1.23. The second-order valence-electron chi connectivity index (χ2n) is 4.29. The lowest BCUT2D eigenvalue weighted by Gasteiger charge is -2.25. The molecule has 0 bridgehead atoms. The number of benzene rings is 1. The van der Waals surface area contributed by atoms with Crippen molar-refractivity contribution in [2.45, 2.75) is 18.9 Å². The van der Waals surface area contributed by atoms with E-state index in [1.54, 1.807) is 19.2 Å². The highest BCUT2D eigenvalue weighted by molar-refractivity contribution is 9.10. The van der Waals surface area contributed by atoms with Crippen LogP contribution in [-0.4, -0.2) is 26.3 Å². The molecule has 0 radical (unpaired) electrons. The number of hydrogen-bond donors (Lipinski definition) is 0. The lowest BCUT2D eigenvalue weighted by molar-refractivity contribution is 0.204. The normalized spacial score (nSPS) is 14.3. The number of ether oxygens (including phenoxy) is 1. The smallest absolute Gasteiger partial charge is 0.161 e. The summed E-state index contributed by atoms with van der Waals surface area (Å²) in [7, 11) is 1.64. The minimum absolute atomic E-state index is 0.241. The average Bonchev–Trinajstić information content (AvgIpc) is 3.19. The highest BCUT2D eigenvalue weighted by atomic mass is 79.9. The summed E-state index contributed by atoms with van der Waals surface area (Å²) in [4.78, 5) is 2.02. The van der Waals surface area contributed by atoms with Gasteiger partial charge in [-0.2, -0.15) is 5.26 Å². The van der Waals surface area contributed by atoms with Crippen LogP contribution < -0.4 is 4.90 Å². The van der Waals surface area contributed by atoms with Crippen molar-refractivity contribution in [3.63, 3.8) is 0 Å². The van der Waals surface area contributed by atoms with E-state index in [-0.39, 0.29) is 10.3 Å². The van der Waals surface area contributed by atoms with E-state index in [1.807, 2.05) is 11.0 Å². The van der Waals surface area contributed by atoms with Crippen LogP contribution in [0.3, 0.4) is 0 Å². The first-order valence-corrected chi connectivity index (χ1v) is 6.62. The molecular weight excluding hydrogens is 299 g/mol. The van der Waals surface area contributed by atoms with Crippen LogP contribution in [0.15, 0.2) is 16.6 Å². The molecule has 0 unspecified atom stereocenters. The number of halogens is 2. The van der Waals surface area contributed by atoms with Crippen molar-refractivity contribution in [3.05, 3.63) is 28.0 Å². The summed E-state index contributed by atoms with van der Waals surface area (Å²) in [5.74, 6) is -0.364. The molecule has 3 nitrogen and oxygen atoms in total. The number of rotatable bonds is 5. The Morgan fingerprint density at radius 2 is 2.28 bits per heavy atom. The van der Waals surface area contributed by atoms with E-state index in [2.05, 4.69) is 15.9 Å². The fourth-order valence-electron chi connectivity index (χ4n) is 1.92. The van der Waals surface area contributed by atoms with Crippen LogP contribution in [0.25, 0.3) is 0 Å². The van der Waals surface area contributed by atoms with Crippen molar-refractivity contribution >= 4 is 21.6 Å². The molecule has 1 aliphatic carbocycles. The minimum Gasteiger partial charge on any atom is -0.383 e. The molecule has 1 aromatic carbocycles. The highest BCUT2D eigenvalue weighted by Crippen LogP contribution is 2.36. The standard InChI is InChI=1S/C13H14BrFN2O/c1-18-7-6-17(10-3-4-10)11-5-2-9(8-16)12(14)13(11)15/h2,5,10H,3-4,6-7H2,1H3. The first kappa shape index (κ1) is 13.3. The lowest BCUT2D eigenvalue weighted by atomic mass is 10.2. The zero-order chi connectivity index (χ0) is 13.1. The first-order valence-electron chi connectivity index (χ1n) is 5.82. The van der Waals surface area contributed by atoms with E-state index >= 15 is 0 Å². The third-order valence-electron chi connectivity index (χ3n) is 3.02. The molecule has 5 heteroatoms. The molecule has 1 fully saturated rings. The predicted molar refractivity (Wildman–Crippen MR) is 71.1 cm³/mol. The molecule has 1 aromatic rings. The molecule has 0 N–H and O–H groups in total. The van der Waals surface area contributed by atoms with Gasteiger partial charge in [0, 0.05) is 19.7 Å². The Hall–Kier alpha value is -1.12. The Morgan fingerprint density at radius 3 is 2.83 bits per heavy atom. The van der Waals surface area contributed by atoms with Crippen LogP contribution >= 0.6 is 15.9 Å². The fraction of sp³-hybridized carbons (Fsp3) is 0.462. The summed E-state index contributed by atoms with van der Waals surface area (Å²) in [6.07, 6.45) is 2.17. The summed E-state index contributed by atoms with van der Waals surface area (Å²) < 4.78 is 19.5. The molecule has 0 aliphatic heterocycles. The van der Waals surface area contributed by atoms with Gasteiger partial charge in [0.15, 0.2) is 5.82 Å². The predicted octanol–water partition coefficient (Wildman–Crippen LogP) is 3.08. The van der Waals surface area contributed by atoms with Crippen LogP contribution in [0.4, 0.5) is 10.1 Å². The summed E-state index contributed by atoms with van der Waals surface area (Å²) in [5.41, 5.74) is 0.860. The molecule has 0 heterocycles. The van der Waals surface area contributed by atoms with Crippen molar-refractivity contribution < 1.29 is 9.13 Å². The van der Waals surface area contributed by atoms with Gasteiger partial charge in [-0.25, -0.2) is 4.39 Å². The molecule has 1 saturated carbocycles. The summed E-state index contributed by atoms with van der Waals surface area (Å²) in [6, 6.07) is 5.67. The van der Waals surface area contributed by atoms with Crippen LogP contribution in [0.1, 0.15) is 18.4 Å². The number of nitrogens with zero attached hydrogens (tertiary/aromatic N) is 2. The van der Waals surface area contributed by atoms with Crippen LogP contribution in [-0.2, 0) is 4.74 Å². The number of methoxy groups -OCH3 is 1. The van der Waals surface area contributed by atoms with Gasteiger partial charge >= 0.3 is 0 Å². The van der Waals surface area contributed by atoms with Gasteiger partial charge in [-0.05, 0) is 40.9 Å². The van der Waals surface area contributed by atoms with Gasteiger partial charge in [0.2, 0.25) is 0 Å². The van der Waals surface area contributed by atoms with E-state index in [1.165, 1.54) is 0 Å². The molecule has 0 atom stereocenters. The maximum absolute atomic E-state index is 14.2. The van der Waals surface area contributed by atoms with E-state index in [0.29, 0.717) is 30.4 Å². The van der Waals surface area contributed by atoms with E-state index in [4.69, 9.17) is 10.00 Å². The maximum Gasteiger partial charge on any atom is 0.161 e. The summed E-state index contributed by atoms with van der Waals surface area (Å²) in [5, 5.41) is 8.86. The second kappa shape index (κ2) is 5.68. The van der Waals surface area contributed by atoms with E-state index < -0.39 is 0 Å². The Balaban J connectivity index is 2.30. The van der Waals surface area contributed by atoms with Gasteiger partial charge in [-0.3, -0.25) is 0 Å². The third-order valence-corrected chi connectivity index (χ3v) is 3.79. The molecule has 2 rings (SSSR count). The van der Waals surface area contributed by atoms with Crippen LogP contribution in [0.2, 0.25) is 0 Å². The SMILES string of the molecule is COCCN(c1ccc(C#N)c(Br)c1F)C1CC1. The number of anilines is 1. The molecule has 0 amide bonds. The second-order valence-corrected chi connectivity index (χ2v) is 5.08. The lowest BCUT2D eigenvalue weighted by Crippen LogP contribution is -2.30. The average molecular weight is 313 g/mol. The zero-order valence-corrected chi connectivity index (χ0v) is 11.7. The quantitative estimate of drug-likeness (QED) is 0.838. The highest BCUT2D eigenvalue weighted by Gasteiger charge is 2.31. The molecular formula is C13H14BrFN2O. The van der Waals surface area contributed by atoms with Crippen molar-refractivity contribution in [1.29, 1.82) is 5.26 Å². The third kappa shape index (κ3) is 2.65. The first-order chi connectivity index (χ1) is 8.69. The van der Waals surface area contributed by atoms with Crippen molar-refractivity contribution in [2.75, 3.05) is 25.2 Å². The Labute approximate surface area is 114 Å². The molecule has 1 aliphatic rings. The van der Waals surface area contributed by atoms with Crippen molar-refractivity contribution in [2.24, 2.45) is 0 Å². The van der Waals surface area contributed by atoms with Crippen molar-refractivity contribution in [3.8, 4) is 6.07 Å². The van der Waals surface area contributed by atoms with E-state index in [0.717, 1.165) is 12.8 Å². The van der Waals surface area contributed by atoms with Gasteiger partial charge < -0.3 is 9.64 Å². The fourth-order valence-corrected chi connectivity index (χ4v) is 2.35. The number of nitriles is 1. The molecule has 0 spiro atoms. The molecule has 0 saturated heterocycles. The van der Waals surface area contributed by atoms with Gasteiger partial charge in [0.25, 0.3) is 0 Å². The molecule has 96 valence electrons. The zero-order valence-electron chi connectivity index (χ0n) is 10.1. The topological polar surface area (TPSA) is 36.3 Å². The van der Waals surface area contributed by atoms with Gasteiger partial charge in [-0.15, -0.1) is 0 Å². The van der Waals surface area contributed by atoms with Crippen LogP contribution in [0, 0.1) is 17.1 Å². The molecule has 0 aromatic heterocycles. The Morgan fingerprint density at radius 1 is 1.56 bits per heavy atom. The molecule has 18 heavy (non-hydrogen) atoms. The largest absolute Gasteiger partial charge is 0.383 e. The van der Waals surface area contributed by atoms with Gasteiger partial charge in [0.05, 0.1) is 22.3 Å². The van der Waals surface area contributed by atoms with Gasteiger partial charge in [0.1, 0.15) is 6.07 Å². The Kier molecular flexibility index (Phi) is 4.20. The van der Waals surface area contributed by atoms with Crippen LogP contribution in [0.5, 0.6) is 0 Å². The van der Waals surface area contributed by atoms with Crippen molar-refractivity contribution in [1.82, 2.24) is 0 Å². The van der Waals surface area contributed by atoms with Gasteiger partial charge in [-0.1, -0.05) is 0 Å². The minimum atomic E-state index is -0.364.